The van der Waals surface area contributed by atoms with Gasteiger partial charge in [-0.15, -0.1) is 0 Å². The Morgan fingerprint density at radius 3 is 2.76 bits per heavy atom. The highest BCUT2D eigenvalue weighted by Crippen LogP contribution is 2.25. The van der Waals surface area contributed by atoms with E-state index in [0.29, 0.717) is 18.5 Å². The van der Waals surface area contributed by atoms with Crippen LogP contribution in [0.3, 0.4) is 0 Å². The molecule has 0 aromatic heterocycles. The van der Waals surface area contributed by atoms with Gasteiger partial charge in [0.15, 0.2) is 0 Å². The summed E-state index contributed by atoms with van der Waals surface area (Å²) in [5.41, 5.74) is 0. The van der Waals surface area contributed by atoms with Crippen molar-refractivity contribution in [2.45, 2.75) is 44.2 Å². The lowest BCUT2D eigenvalue weighted by Gasteiger charge is -2.37. The van der Waals surface area contributed by atoms with Crippen LogP contribution in [0.1, 0.15) is 32.1 Å². The third-order valence-electron chi connectivity index (χ3n) is 3.73. The van der Waals surface area contributed by atoms with Gasteiger partial charge in [0.05, 0.1) is 12.6 Å². The first-order valence-corrected chi connectivity index (χ1v) is 6.78. The highest BCUT2D eigenvalue weighted by atomic mass is 16.2. The van der Waals surface area contributed by atoms with E-state index in [-0.39, 0.29) is 6.61 Å². The SMILES string of the molecule is N#CCN1CC(CCCO)CC(NC2CC2)C1. The van der Waals surface area contributed by atoms with Crippen LogP contribution in [0.2, 0.25) is 0 Å². The van der Waals surface area contributed by atoms with Gasteiger partial charge in [0.2, 0.25) is 0 Å². The molecule has 0 amide bonds. The number of nitrogens with zero attached hydrogens (tertiary/aromatic N) is 2. The lowest BCUT2D eigenvalue weighted by molar-refractivity contribution is 0.141. The van der Waals surface area contributed by atoms with Gasteiger partial charge in [0, 0.05) is 31.8 Å². The van der Waals surface area contributed by atoms with Crippen molar-refractivity contribution in [3.8, 4) is 6.07 Å². The molecule has 0 bridgehead atoms. The standard InChI is InChI=1S/C13H23N3O/c14-5-6-16-9-11(2-1-7-17)8-13(10-16)15-12-3-4-12/h11-13,15,17H,1-4,6-10H2. The Labute approximate surface area is 104 Å². The maximum Gasteiger partial charge on any atom is 0.0866 e. The van der Waals surface area contributed by atoms with Crippen LogP contribution in [-0.4, -0.2) is 48.3 Å². The van der Waals surface area contributed by atoms with E-state index in [1.54, 1.807) is 0 Å². The van der Waals surface area contributed by atoms with Crippen LogP contribution in [-0.2, 0) is 0 Å². The Morgan fingerprint density at radius 1 is 1.29 bits per heavy atom. The molecule has 4 nitrogen and oxygen atoms in total. The van der Waals surface area contributed by atoms with Crippen molar-refractivity contribution in [3.05, 3.63) is 0 Å². The topological polar surface area (TPSA) is 59.3 Å². The molecule has 1 saturated carbocycles. The Balaban J connectivity index is 1.82. The summed E-state index contributed by atoms with van der Waals surface area (Å²) < 4.78 is 0. The zero-order valence-corrected chi connectivity index (χ0v) is 10.4. The number of nitriles is 1. The summed E-state index contributed by atoms with van der Waals surface area (Å²) in [4.78, 5) is 2.26. The number of piperidine rings is 1. The Morgan fingerprint density at radius 2 is 2.12 bits per heavy atom. The van der Waals surface area contributed by atoms with E-state index in [2.05, 4.69) is 16.3 Å². The predicted molar refractivity (Wildman–Crippen MR) is 66.4 cm³/mol. The monoisotopic (exact) mass is 237 g/mol. The summed E-state index contributed by atoms with van der Waals surface area (Å²) in [5.74, 6) is 0.639. The molecule has 2 atom stereocenters. The van der Waals surface area contributed by atoms with Gasteiger partial charge in [-0.05, 0) is 38.0 Å². The van der Waals surface area contributed by atoms with Gasteiger partial charge >= 0.3 is 0 Å². The van der Waals surface area contributed by atoms with Crippen molar-refractivity contribution in [3.63, 3.8) is 0 Å². The number of aliphatic hydroxyl groups excluding tert-OH is 1. The first kappa shape index (κ1) is 12.8. The lowest BCUT2D eigenvalue weighted by Crippen LogP contribution is -2.49. The summed E-state index contributed by atoms with van der Waals surface area (Å²) >= 11 is 0. The van der Waals surface area contributed by atoms with Crippen molar-refractivity contribution in [1.29, 1.82) is 5.26 Å². The number of nitrogens with one attached hydrogen (secondary N) is 1. The van der Waals surface area contributed by atoms with Crippen LogP contribution in [0.5, 0.6) is 0 Å². The van der Waals surface area contributed by atoms with Crippen LogP contribution >= 0.6 is 0 Å². The third kappa shape index (κ3) is 4.27. The number of aliphatic hydroxyl groups is 1. The second-order valence-corrected chi connectivity index (χ2v) is 5.46. The summed E-state index contributed by atoms with van der Waals surface area (Å²) in [7, 11) is 0. The molecule has 1 saturated heterocycles. The minimum Gasteiger partial charge on any atom is -0.396 e. The molecule has 4 heteroatoms. The number of rotatable bonds is 6. The van der Waals surface area contributed by atoms with Crippen molar-refractivity contribution in [2.75, 3.05) is 26.2 Å². The molecule has 1 aliphatic carbocycles. The molecule has 2 unspecified atom stereocenters. The molecule has 1 heterocycles. The van der Waals surface area contributed by atoms with Crippen LogP contribution in [0.4, 0.5) is 0 Å². The second-order valence-electron chi connectivity index (χ2n) is 5.46. The van der Waals surface area contributed by atoms with Crippen molar-refractivity contribution in [1.82, 2.24) is 10.2 Å². The molecule has 0 spiro atoms. The van der Waals surface area contributed by atoms with Gasteiger partial charge in [-0.2, -0.15) is 5.26 Å². The van der Waals surface area contributed by atoms with Gasteiger partial charge in [0.25, 0.3) is 0 Å². The van der Waals surface area contributed by atoms with Crippen LogP contribution in [0.15, 0.2) is 0 Å². The lowest BCUT2D eigenvalue weighted by atomic mass is 9.90. The Hall–Kier alpha value is -0.630. The molecule has 0 aromatic carbocycles. The minimum atomic E-state index is 0.287. The molecule has 1 aliphatic heterocycles. The summed E-state index contributed by atoms with van der Waals surface area (Å²) in [5, 5.41) is 21.4. The van der Waals surface area contributed by atoms with E-state index in [4.69, 9.17) is 10.4 Å². The van der Waals surface area contributed by atoms with E-state index < -0.39 is 0 Å². The predicted octanol–water partition coefficient (Wildman–Crippen LogP) is 0.725. The third-order valence-corrected chi connectivity index (χ3v) is 3.73. The second kappa shape index (κ2) is 6.34. The quantitative estimate of drug-likeness (QED) is 0.669. The summed E-state index contributed by atoms with van der Waals surface area (Å²) in [6, 6.07) is 3.54. The maximum atomic E-state index is 8.91. The number of hydrogen-bond acceptors (Lipinski definition) is 4. The zero-order chi connectivity index (χ0) is 12.1. The molecule has 0 aromatic rings. The average Bonchev–Trinajstić information content (AvgIpc) is 3.10. The van der Waals surface area contributed by atoms with Gasteiger partial charge < -0.3 is 10.4 Å². The van der Waals surface area contributed by atoms with Gasteiger partial charge in [-0.3, -0.25) is 4.90 Å². The summed E-state index contributed by atoms with van der Waals surface area (Å²) in [6.07, 6.45) is 5.81. The van der Waals surface area contributed by atoms with Crippen LogP contribution in [0, 0.1) is 17.2 Å². The molecule has 96 valence electrons. The molecule has 2 rings (SSSR count). The maximum absolute atomic E-state index is 8.91. The molecule has 2 aliphatic rings. The van der Waals surface area contributed by atoms with E-state index in [1.807, 2.05) is 0 Å². The highest BCUT2D eigenvalue weighted by molar-refractivity contribution is 4.92. The molecule has 17 heavy (non-hydrogen) atoms. The van der Waals surface area contributed by atoms with Crippen molar-refractivity contribution < 1.29 is 5.11 Å². The fraction of sp³-hybridized carbons (Fsp3) is 0.923. The van der Waals surface area contributed by atoms with Crippen molar-refractivity contribution in [2.24, 2.45) is 5.92 Å². The molecule has 0 radical (unpaired) electrons. The fourth-order valence-electron chi connectivity index (χ4n) is 2.83. The van der Waals surface area contributed by atoms with E-state index in [0.717, 1.165) is 32.0 Å². The first-order chi connectivity index (χ1) is 8.31. The van der Waals surface area contributed by atoms with Gasteiger partial charge in [0.1, 0.15) is 0 Å². The molecule has 2 fully saturated rings. The Bertz CT molecular complexity index is 272. The first-order valence-electron chi connectivity index (χ1n) is 6.78. The van der Waals surface area contributed by atoms with E-state index in [9.17, 15) is 0 Å². The number of hydrogen-bond donors (Lipinski definition) is 2. The summed E-state index contributed by atoms with van der Waals surface area (Å²) in [6.45, 7) is 2.87. The highest BCUT2D eigenvalue weighted by Gasteiger charge is 2.31. The molecule has 2 N–H and O–H groups in total. The van der Waals surface area contributed by atoms with Crippen LogP contribution < -0.4 is 5.32 Å². The molecular formula is C13H23N3O. The van der Waals surface area contributed by atoms with Crippen molar-refractivity contribution >= 4 is 0 Å². The minimum absolute atomic E-state index is 0.287. The van der Waals surface area contributed by atoms with E-state index >= 15 is 0 Å². The largest absolute Gasteiger partial charge is 0.396 e. The van der Waals surface area contributed by atoms with E-state index in [1.165, 1.54) is 19.3 Å². The van der Waals surface area contributed by atoms with Crippen LogP contribution in [0.25, 0.3) is 0 Å². The normalized spacial score (nSPS) is 30.1. The fourth-order valence-corrected chi connectivity index (χ4v) is 2.83. The average molecular weight is 237 g/mol. The van der Waals surface area contributed by atoms with Gasteiger partial charge in [-0.1, -0.05) is 0 Å². The Kier molecular flexibility index (Phi) is 4.78. The number of likely N-dealkylation sites (tertiary alicyclic amines) is 1. The smallest absolute Gasteiger partial charge is 0.0866 e. The molecular weight excluding hydrogens is 214 g/mol. The zero-order valence-electron chi connectivity index (χ0n) is 10.4. The van der Waals surface area contributed by atoms with Gasteiger partial charge in [-0.25, -0.2) is 0 Å².